The molecule has 1 aromatic rings. The Morgan fingerprint density at radius 3 is 1.73 bits per heavy atom. The molecule has 1 aliphatic rings. The van der Waals surface area contributed by atoms with E-state index < -0.39 is 33.7 Å². The second-order valence-electron chi connectivity index (χ2n) is 7.66. The Labute approximate surface area is 214 Å². The van der Waals surface area contributed by atoms with Gasteiger partial charge >= 0.3 is 23.9 Å². The lowest BCUT2D eigenvalue weighted by Gasteiger charge is -2.22. The molecule has 0 bridgehead atoms. The molecule has 0 aromatic heterocycles. The zero-order chi connectivity index (χ0) is 28.4. The minimum Gasteiger partial charge on any atom is -0.492 e. The molecule has 13 nitrogen and oxygen atoms in total. The van der Waals surface area contributed by atoms with Gasteiger partial charge in [-0.1, -0.05) is 0 Å². The van der Waals surface area contributed by atoms with E-state index in [1.807, 2.05) is 19.0 Å². The minimum atomic E-state index is -3.24. The second-order valence-corrected chi connectivity index (χ2v) is 9.88. The number of nitrogens with zero attached hydrogens (tertiary/aromatic N) is 1. The van der Waals surface area contributed by atoms with E-state index in [1.54, 1.807) is 24.3 Å². The van der Waals surface area contributed by atoms with Gasteiger partial charge < -0.3 is 35.4 Å². The first-order chi connectivity index (χ1) is 17.2. The van der Waals surface area contributed by atoms with Crippen LogP contribution in [-0.4, -0.2) is 103 Å². The van der Waals surface area contributed by atoms with Gasteiger partial charge in [-0.25, -0.2) is 27.6 Å². The SMILES string of the molecule is CN(C)CCOc1ccc(S(=O)(=O)C2CCCNC2)cc1.O=C(O)/C=C\C(=O)O.O=C(O)/C=C\C(=O)O. The summed E-state index contributed by atoms with van der Waals surface area (Å²) in [6, 6.07) is 6.77. The van der Waals surface area contributed by atoms with Crippen LogP contribution in [0.1, 0.15) is 12.8 Å². The van der Waals surface area contributed by atoms with E-state index in [1.165, 1.54) is 0 Å². The standard InChI is InChI=1S/C15H24N2O3S.2C4H4O4/c1-17(2)10-11-20-13-5-7-14(8-6-13)21(18,19)15-4-3-9-16-12-15;2*5-3(6)1-2-4(7)8/h5-8,15-16H,3-4,9-12H2,1-2H3;2*1-2H,(H,5,6)(H,7,8)/b;2*2-1-. The van der Waals surface area contributed by atoms with Gasteiger partial charge in [-0.15, -0.1) is 0 Å². The van der Waals surface area contributed by atoms with Crippen molar-refractivity contribution in [1.29, 1.82) is 0 Å². The quantitative estimate of drug-likeness (QED) is 0.256. The largest absolute Gasteiger partial charge is 0.492 e. The van der Waals surface area contributed by atoms with Crippen molar-refractivity contribution in [3.05, 3.63) is 48.6 Å². The third kappa shape index (κ3) is 16.5. The molecule has 2 rings (SSSR count). The van der Waals surface area contributed by atoms with Gasteiger partial charge in [0.25, 0.3) is 0 Å². The Morgan fingerprint density at radius 2 is 1.38 bits per heavy atom. The van der Waals surface area contributed by atoms with Crippen LogP contribution in [0.3, 0.4) is 0 Å². The van der Waals surface area contributed by atoms with Gasteiger partial charge in [-0.2, -0.15) is 0 Å². The Kier molecular flexibility index (Phi) is 15.9. The van der Waals surface area contributed by atoms with Gasteiger partial charge in [0.15, 0.2) is 9.84 Å². The van der Waals surface area contributed by atoms with Crippen molar-refractivity contribution in [2.75, 3.05) is 40.3 Å². The van der Waals surface area contributed by atoms with Crippen LogP contribution < -0.4 is 10.1 Å². The van der Waals surface area contributed by atoms with E-state index in [0.717, 1.165) is 25.9 Å². The van der Waals surface area contributed by atoms with E-state index in [-0.39, 0.29) is 5.25 Å². The summed E-state index contributed by atoms with van der Waals surface area (Å²) in [4.78, 5) is 40.6. The van der Waals surface area contributed by atoms with E-state index in [9.17, 15) is 27.6 Å². The molecule has 1 atom stereocenters. The molecule has 0 spiro atoms. The van der Waals surface area contributed by atoms with Crippen LogP contribution in [0.25, 0.3) is 0 Å². The van der Waals surface area contributed by atoms with Crippen LogP contribution >= 0.6 is 0 Å². The maximum atomic E-state index is 12.5. The summed E-state index contributed by atoms with van der Waals surface area (Å²) in [5, 5.41) is 34.1. The average Bonchev–Trinajstić information content (AvgIpc) is 2.83. The van der Waals surface area contributed by atoms with E-state index in [0.29, 0.717) is 48.1 Å². The van der Waals surface area contributed by atoms with Crippen LogP contribution in [0, 0.1) is 0 Å². The zero-order valence-electron chi connectivity index (χ0n) is 20.4. The maximum absolute atomic E-state index is 12.5. The fourth-order valence-corrected chi connectivity index (χ4v) is 4.35. The van der Waals surface area contributed by atoms with Crippen molar-refractivity contribution in [3.8, 4) is 5.75 Å². The van der Waals surface area contributed by atoms with Gasteiger partial charge in [-0.05, 0) is 57.7 Å². The maximum Gasteiger partial charge on any atom is 0.328 e. The first-order valence-corrected chi connectivity index (χ1v) is 12.4. The second kappa shape index (κ2) is 17.6. The molecule has 5 N–H and O–H groups in total. The number of likely N-dealkylation sites (N-methyl/N-ethyl adjacent to an activating group) is 1. The predicted octanol–water partition coefficient (Wildman–Crippen LogP) is 0.576. The van der Waals surface area contributed by atoms with E-state index >= 15 is 0 Å². The highest BCUT2D eigenvalue weighted by Crippen LogP contribution is 2.23. The predicted molar refractivity (Wildman–Crippen MR) is 132 cm³/mol. The number of ether oxygens (including phenoxy) is 1. The summed E-state index contributed by atoms with van der Waals surface area (Å²) < 4.78 is 30.6. The number of carboxylic acid groups (broad SMARTS) is 4. The molecule has 1 aliphatic heterocycles. The summed E-state index contributed by atoms with van der Waals surface area (Å²) in [6.45, 7) is 2.87. The van der Waals surface area contributed by atoms with Gasteiger partial charge in [0, 0.05) is 37.4 Å². The molecule has 206 valence electrons. The third-order valence-corrected chi connectivity index (χ3v) is 6.60. The molecule has 14 heteroatoms. The van der Waals surface area contributed by atoms with Crippen molar-refractivity contribution >= 4 is 33.7 Å². The van der Waals surface area contributed by atoms with Crippen LogP contribution in [0.15, 0.2) is 53.5 Å². The number of sulfone groups is 1. The molecule has 37 heavy (non-hydrogen) atoms. The van der Waals surface area contributed by atoms with E-state index in [4.69, 9.17) is 25.2 Å². The highest BCUT2D eigenvalue weighted by atomic mass is 32.2. The number of benzene rings is 1. The molecule has 0 amide bonds. The number of aliphatic carboxylic acids is 4. The van der Waals surface area contributed by atoms with Crippen LogP contribution in [0.4, 0.5) is 0 Å². The van der Waals surface area contributed by atoms with Crippen LogP contribution in [0.2, 0.25) is 0 Å². The number of carbonyl (C=O) groups is 4. The van der Waals surface area contributed by atoms with Gasteiger partial charge in [-0.3, -0.25) is 0 Å². The molecular formula is C23H32N2O11S. The lowest BCUT2D eigenvalue weighted by molar-refractivity contribution is -0.134. The van der Waals surface area contributed by atoms with Gasteiger partial charge in [0.1, 0.15) is 12.4 Å². The number of hydrogen-bond acceptors (Lipinski definition) is 9. The van der Waals surface area contributed by atoms with Crippen molar-refractivity contribution in [2.45, 2.75) is 23.0 Å². The van der Waals surface area contributed by atoms with Crippen LogP contribution in [-0.2, 0) is 29.0 Å². The lowest BCUT2D eigenvalue weighted by atomic mass is 10.2. The Morgan fingerprint density at radius 1 is 0.919 bits per heavy atom. The lowest BCUT2D eigenvalue weighted by Crippen LogP contribution is -2.38. The van der Waals surface area contributed by atoms with Crippen molar-refractivity contribution in [3.63, 3.8) is 0 Å². The molecule has 0 radical (unpaired) electrons. The average molecular weight is 545 g/mol. The number of piperidine rings is 1. The van der Waals surface area contributed by atoms with E-state index in [2.05, 4.69) is 5.32 Å². The topological polar surface area (TPSA) is 208 Å². The fourth-order valence-electron chi connectivity index (χ4n) is 2.63. The van der Waals surface area contributed by atoms with Gasteiger partial charge in [0.05, 0.1) is 10.1 Å². The highest BCUT2D eigenvalue weighted by molar-refractivity contribution is 7.92. The number of carboxylic acids is 4. The number of nitrogens with one attached hydrogen (secondary N) is 1. The molecular weight excluding hydrogens is 512 g/mol. The van der Waals surface area contributed by atoms with Crippen LogP contribution in [0.5, 0.6) is 5.75 Å². The monoisotopic (exact) mass is 544 g/mol. The normalized spacial score (nSPS) is 15.3. The molecule has 0 saturated carbocycles. The molecule has 1 fully saturated rings. The first-order valence-electron chi connectivity index (χ1n) is 10.9. The van der Waals surface area contributed by atoms with Crippen molar-refractivity contribution in [1.82, 2.24) is 10.2 Å². The summed E-state index contributed by atoms with van der Waals surface area (Å²) >= 11 is 0. The smallest absolute Gasteiger partial charge is 0.328 e. The molecule has 1 saturated heterocycles. The minimum absolute atomic E-state index is 0.313. The zero-order valence-corrected chi connectivity index (χ0v) is 21.3. The van der Waals surface area contributed by atoms with Crippen molar-refractivity contribution in [2.24, 2.45) is 0 Å². The summed E-state index contributed by atoms with van der Waals surface area (Å²) in [5.74, 6) is -4.32. The summed E-state index contributed by atoms with van der Waals surface area (Å²) in [7, 11) is 0.728. The molecule has 1 unspecified atom stereocenters. The molecule has 1 aromatic carbocycles. The Hall–Kier alpha value is -3.75. The Balaban J connectivity index is 0.000000669. The fraction of sp³-hybridized carbons (Fsp3) is 0.391. The first kappa shape index (κ1) is 33.2. The summed E-state index contributed by atoms with van der Waals surface area (Å²) in [5.41, 5.74) is 0. The van der Waals surface area contributed by atoms with Gasteiger partial charge in [0.2, 0.25) is 0 Å². The molecule has 1 heterocycles. The van der Waals surface area contributed by atoms with Crippen molar-refractivity contribution < 1.29 is 52.8 Å². The highest BCUT2D eigenvalue weighted by Gasteiger charge is 2.28. The summed E-state index contributed by atoms with van der Waals surface area (Å²) in [6.07, 6.45) is 3.88. The number of rotatable bonds is 10. The third-order valence-electron chi connectivity index (χ3n) is 4.39. The Bertz CT molecular complexity index is 977. The molecule has 0 aliphatic carbocycles. The number of hydrogen-bond donors (Lipinski definition) is 5.